The molecule has 0 aliphatic heterocycles. The smallest absolute Gasteiger partial charge is 0.169 e. The Morgan fingerprint density at radius 2 is 2.07 bits per heavy atom. The fourth-order valence-electron chi connectivity index (χ4n) is 1.88. The molecule has 2 N–H and O–H groups in total. The third-order valence-corrected chi connectivity index (χ3v) is 3.24. The molecule has 1 aromatic heterocycles. The molecule has 1 saturated carbocycles. The molecule has 0 unspecified atom stereocenters. The van der Waals surface area contributed by atoms with Crippen molar-refractivity contribution in [2.75, 3.05) is 0 Å². The van der Waals surface area contributed by atoms with Gasteiger partial charge in [-0.25, -0.2) is 0 Å². The summed E-state index contributed by atoms with van der Waals surface area (Å²) in [5.41, 5.74) is 5.83. The number of nitrogens with two attached hydrogens (primary N) is 1. The van der Waals surface area contributed by atoms with Crippen LogP contribution in [0.2, 0.25) is 0 Å². The van der Waals surface area contributed by atoms with Crippen LogP contribution < -0.4 is 5.73 Å². The Hall–Kier alpha value is -0.320. The maximum Gasteiger partial charge on any atom is 0.169 e. The van der Waals surface area contributed by atoms with Crippen molar-refractivity contribution in [1.29, 1.82) is 0 Å². The lowest BCUT2D eigenvalue weighted by molar-refractivity contribution is 0.00566. The highest BCUT2D eigenvalue weighted by molar-refractivity contribution is 9.10. The number of hydrogen-bond acceptors (Lipinski definition) is 3. The van der Waals surface area contributed by atoms with E-state index in [1.54, 1.807) is 0 Å². The predicted molar refractivity (Wildman–Crippen MR) is 61.4 cm³/mol. The zero-order valence-corrected chi connectivity index (χ0v) is 10.2. The molecule has 0 radical (unpaired) electrons. The van der Waals surface area contributed by atoms with Gasteiger partial charge in [-0.1, -0.05) is 0 Å². The summed E-state index contributed by atoms with van der Waals surface area (Å²) >= 11 is 3.27. The molecule has 0 spiro atoms. The first-order chi connectivity index (χ1) is 7.24. The summed E-state index contributed by atoms with van der Waals surface area (Å²) < 4.78 is 11.9. The Bertz CT molecular complexity index is 305. The van der Waals surface area contributed by atoms with E-state index >= 15 is 0 Å². The Labute approximate surface area is 98.1 Å². The SMILES string of the molecule is NC1CCC(OCc2ccc(Br)o2)CC1. The lowest BCUT2D eigenvalue weighted by Crippen LogP contribution is -2.30. The van der Waals surface area contributed by atoms with Crippen molar-refractivity contribution in [3.8, 4) is 0 Å². The first kappa shape index (κ1) is 11.2. The van der Waals surface area contributed by atoms with Gasteiger partial charge in [0.25, 0.3) is 0 Å². The molecular formula is C11H16BrNO2. The van der Waals surface area contributed by atoms with Crippen LogP contribution in [0.25, 0.3) is 0 Å². The zero-order valence-electron chi connectivity index (χ0n) is 8.62. The minimum Gasteiger partial charge on any atom is -0.452 e. The summed E-state index contributed by atoms with van der Waals surface area (Å²) in [7, 11) is 0. The van der Waals surface area contributed by atoms with E-state index in [0.29, 0.717) is 18.8 Å². The summed E-state index contributed by atoms with van der Waals surface area (Å²) in [6, 6.07) is 4.19. The fraction of sp³-hybridized carbons (Fsp3) is 0.636. The molecule has 1 fully saturated rings. The second-order valence-corrected chi connectivity index (χ2v) is 4.84. The molecule has 1 aliphatic rings. The molecule has 0 bridgehead atoms. The summed E-state index contributed by atoms with van der Waals surface area (Å²) in [6.07, 6.45) is 4.65. The molecule has 84 valence electrons. The normalized spacial score (nSPS) is 26.8. The van der Waals surface area contributed by atoms with Crippen molar-refractivity contribution in [2.24, 2.45) is 5.73 Å². The molecule has 1 heterocycles. The van der Waals surface area contributed by atoms with E-state index in [2.05, 4.69) is 15.9 Å². The third-order valence-electron chi connectivity index (χ3n) is 2.81. The van der Waals surface area contributed by atoms with Crippen molar-refractivity contribution in [1.82, 2.24) is 0 Å². The zero-order chi connectivity index (χ0) is 10.7. The Kier molecular flexibility index (Phi) is 3.83. The van der Waals surface area contributed by atoms with Crippen LogP contribution >= 0.6 is 15.9 Å². The molecule has 1 aromatic rings. The van der Waals surface area contributed by atoms with Crippen LogP contribution in [-0.2, 0) is 11.3 Å². The molecule has 0 atom stereocenters. The molecule has 0 saturated heterocycles. The van der Waals surface area contributed by atoms with Gasteiger partial charge in [0.2, 0.25) is 0 Å². The van der Waals surface area contributed by atoms with E-state index in [1.807, 2.05) is 12.1 Å². The van der Waals surface area contributed by atoms with E-state index in [-0.39, 0.29) is 0 Å². The van der Waals surface area contributed by atoms with Crippen LogP contribution in [-0.4, -0.2) is 12.1 Å². The minimum absolute atomic E-state index is 0.355. The lowest BCUT2D eigenvalue weighted by Gasteiger charge is -2.25. The molecule has 0 aromatic carbocycles. The van der Waals surface area contributed by atoms with Crippen molar-refractivity contribution in [3.63, 3.8) is 0 Å². The monoisotopic (exact) mass is 273 g/mol. The topological polar surface area (TPSA) is 48.4 Å². The molecule has 15 heavy (non-hydrogen) atoms. The van der Waals surface area contributed by atoms with Gasteiger partial charge in [0, 0.05) is 6.04 Å². The minimum atomic E-state index is 0.355. The lowest BCUT2D eigenvalue weighted by atomic mass is 9.94. The van der Waals surface area contributed by atoms with Gasteiger partial charge in [-0.15, -0.1) is 0 Å². The maximum absolute atomic E-state index is 5.83. The molecule has 0 amide bonds. The second kappa shape index (κ2) is 5.14. The van der Waals surface area contributed by atoms with Crippen LogP contribution in [0.5, 0.6) is 0 Å². The van der Waals surface area contributed by atoms with Crippen LogP contribution in [0, 0.1) is 0 Å². The van der Waals surface area contributed by atoms with Crippen molar-refractivity contribution in [2.45, 2.75) is 44.4 Å². The highest BCUT2D eigenvalue weighted by Crippen LogP contribution is 2.22. The number of furan rings is 1. The maximum atomic E-state index is 5.83. The van der Waals surface area contributed by atoms with Gasteiger partial charge in [0.05, 0.1) is 6.10 Å². The third kappa shape index (κ3) is 3.33. The van der Waals surface area contributed by atoms with Gasteiger partial charge in [-0.2, -0.15) is 0 Å². The van der Waals surface area contributed by atoms with Gasteiger partial charge < -0.3 is 14.9 Å². The Morgan fingerprint density at radius 3 is 2.67 bits per heavy atom. The van der Waals surface area contributed by atoms with Gasteiger partial charge in [-0.05, 0) is 53.7 Å². The molecule has 1 aliphatic carbocycles. The quantitative estimate of drug-likeness (QED) is 0.922. The molecule has 4 heteroatoms. The van der Waals surface area contributed by atoms with E-state index < -0.39 is 0 Å². The highest BCUT2D eigenvalue weighted by atomic mass is 79.9. The average Bonchev–Trinajstić information content (AvgIpc) is 2.64. The van der Waals surface area contributed by atoms with E-state index in [4.69, 9.17) is 14.9 Å². The summed E-state index contributed by atoms with van der Waals surface area (Å²) in [4.78, 5) is 0. The van der Waals surface area contributed by atoms with Crippen LogP contribution in [0.15, 0.2) is 21.2 Å². The van der Waals surface area contributed by atoms with Crippen LogP contribution in [0.1, 0.15) is 31.4 Å². The largest absolute Gasteiger partial charge is 0.452 e. The number of hydrogen-bond donors (Lipinski definition) is 1. The van der Waals surface area contributed by atoms with Crippen molar-refractivity contribution < 1.29 is 9.15 Å². The second-order valence-electron chi connectivity index (χ2n) is 4.05. The van der Waals surface area contributed by atoms with Crippen molar-refractivity contribution >= 4 is 15.9 Å². The molecular weight excluding hydrogens is 258 g/mol. The van der Waals surface area contributed by atoms with Gasteiger partial charge in [0.1, 0.15) is 12.4 Å². The first-order valence-electron chi connectivity index (χ1n) is 5.35. The highest BCUT2D eigenvalue weighted by Gasteiger charge is 2.19. The van der Waals surface area contributed by atoms with Crippen LogP contribution in [0.4, 0.5) is 0 Å². The van der Waals surface area contributed by atoms with Gasteiger partial charge in [0.15, 0.2) is 4.67 Å². The Balaban J connectivity index is 1.74. The molecule has 3 nitrogen and oxygen atoms in total. The number of ether oxygens (including phenoxy) is 1. The van der Waals surface area contributed by atoms with E-state index in [9.17, 15) is 0 Å². The summed E-state index contributed by atoms with van der Waals surface area (Å²) in [6.45, 7) is 0.561. The average molecular weight is 274 g/mol. The van der Waals surface area contributed by atoms with E-state index in [1.165, 1.54) is 0 Å². The van der Waals surface area contributed by atoms with Crippen LogP contribution in [0.3, 0.4) is 0 Å². The summed E-state index contributed by atoms with van der Waals surface area (Å²) in [5, 5.41) is 0. The standard InChI is InChI=1S/C11H16BrNO2/c12-11-6-5-10(15-11)7-14-9-3-1-8(13)2-4-9/h5-6,8-9H,1-4,7,13H2. The summed E-state index contributed by atoms with van der Waals surface area (Å²) in [5.74, 6) is 0.872. The van der Waals surface area contributed by atoms with Gasteiger partial charge in [-0.3, -0.25) is 0 Å². The first-order valence-corrected chi connectivity index (χ1v) is 6.15. The van der Waals surface area contributed by atoms with Gasteiger partial charge >= 0.3 is 0 Å². The Morgan fingerprint density at radius 1 is 1.33 bits per heavy atom. The fourth-order valence-corrected chi connectivity index (χ4v) is 2.22. The van der Waals surface area contributed by atoms with Crippen molar-refractivity contribution in [3.05, 3.63) is 22.6 Å². The molecule has 2 rings (SSSR count). The number of halogens is 1. The number of rotatable bonds is 3. The van der Waals surface area contributed by atoms with E-state index in [0.717, 1.165) is 36.1 Å². The predicted octanol–water partition coefficient (Wildman–Crippen LogP) is 2.83.